The van der Waals surface area contributed by atoms with Crippen molar-refractivity contribution in [1.82, 2.24) is 4.90 Å². The third-order valence-electron chi connectivity index (χ3n) is 6.34. The first-order valence-corrected chi connectivity index (χ1v) is 10.4. The molecule has 0 saturated carbocycles. The molecule has 0 bridgehead atoms. The average molecular weight is 372 g/mol. The molecule has 2 amide bonds. The zero-order valence-electron chi connectivity index (χ0n) is 17.2. The molecule has 0 aromatic heterocycles. The smallest absolute Gasteiger partial charge is 0.261 e. The minimum atomic E-state index is -0.137. The van der Waals surface area contributed by atoms with Gasteiger partial charge >= 0.3 is 0 Å². The normalized spacial score (nSPS) is 25.6. The van der Waals surface area contributed by atoms with Crippen molar-refractivity contribution in [2.45, 2.75) is 65.9 Å². The first-order chi connectivity index (χ1) is 12.8. The molecule has 2 aliphatic heterocycles. The van der Waals surface area contributed by atoms with Crippen molar-refractivity contribution in [3.63, 3.8) is 0 Å². The van der Waals surface area contributed by atoms with Crippen LogP contribution in [-0.4, -0.2) is 36.0 Å². The molecule has 2 heterocycles. The molecule has 0 N–H and O–H groups in total. The minimum absolute atomic E-state index is 0.137. The number of hydrogen-bond donors (Lipinski definition) is 0. The van der Waals surface area contributed by atoms with E-state index in [4.69, 9.17) is 4.74 Å². The lowest BCUT2D eigenvalue weighted by Gasteiger charge is -2.43. The second-order valence-electron chi connectivity index (χ2n) is 9.10. The Morgan fingerprint density at radius 2 is 1.70 bits per heavy atom. The Morgan fingerprint density at radius 1 is 1.07 bits per heavy atom. The van der Waals surface area contributed by atoms with E-state index in [0.29, 0.717) is 29.5 Å². The summed E-state index contributed by atoms with van der Waals surface area (Å²) in [6, 6.07) is 7.16. The summed E-state index contributed by atoms with van der Waals surface area (Å²) in [5, 5.41) is 0. The third-order valence-corrected chi connectivity index (χ3v) is 6.34. The Balaban J connectivity index is 1.73. The molecule has 4 heteroatoms. The standard InChI is InChI=1S/C23H33NO3/c1-16(2)9-10-23(12-14-27-20(15-23)17(3)4)11-13-24-21(25)18-7-5-6-8-19(18)22(24)26/h5-8,16-17,20H,9-15H2,1-4H3/t20-,23+/m0/s1. The van der Waals surface area contributed by atoms with Gasteiger partial charge in [-0.05, 0) is 55.1 Å². The second-order valence-corrected chi connectivity index (χ2v) is 9.10. The lowest BCUT2D eigenvalue weighted by Crippen LogP contribution is -2.41. The molecule has 4 nitrogen and oxygen atoms in total. The number of nitrogens with zero attached hydrogens (tertiary/aromatic N) is 1. The molecule has 1 aromatic rings. The first kappa shape index (κ1) is 20.1. The summed E-state index contributed by atoms with van der Waals surface area (Å²) in [5.41, 5.74) is 1.25. The summed E-state index contributed by atoms with van der Waals surface area (Å²) >= 11 is 0. The maximum absolute atomic E-state index is 12.7. The van der Waals surface area contributed by atoms with Gasteiger partial charge in [-0.1, -0.05) is 46.2 Å². The van der Waals surface area contributed by atoms with Crippen molar-refractivity contribution in [2.24, 2.45) is 17.3 Å². The van der Waals surface area contributed by atoms with Crippen LogP contribution >= 0.6 is 0 Å². The number of imide groups is 1. The molecule has 1 aromatic carbocycles. The Hall–Kier alpha value is -1.68. The zero-order valence-corrected chi connectivity index (χ0v) is 17.2. The van der Waals surface area contributed by atoms with Crippen LogP contribution in [0.2, 0.25) is 0 Å². The monoisotopic (exact) mass is 371 g/mol. The van der Waals surface area contributed by atoms with Crippen LogP contribution in [-0.2, 0) is 4.74 Å². The van der Waals surface area contributed by atoms with Gasteiger partial charge in [0.25, 0.3) is 11.8 Å². The molecule has 27 heavy (non-hydrogen) atoms. The molecule has 2 aliphatic rings. The van der Waals surface area contributed by atoms with E-state index >= 15 is 0 Å². The van der Waals surface area contributed by atoms with Crippen LogP contribution in [0, 0.1) is 17.3 Å². The van der Waals surface area contributed by atoms with Crippen LogP contribution in [0.15, 0.2) is 24.3 Å². The van der Waals surface area contributed by atoms with Crippen molar-refractivity contribution in [1.29, 1.82) is 0 Å². The number of hydrogen-bond acceptors (Lipinski definition) is 3. The van der Waals surface area contributed by atoms with Gasteiger partial charge in [0.2, 0.25) is 0 Å². The van der Waals surface area contributed by atoms with E-state index in [1.54, 1.807) is 12.1 Å². The first-order valence-electron chi connectivity index (χ1n) is 10.4. The second kappa shape index (κ2) is 8.14. The Morgan fingerprint density at radius 3 is 2.26 bits per heavy atom. The molecule has 0 aliphatic carbocycles. The highest BCUT2D eigenvalue weighted by molar-refractivity contribution is 6.21. The van der Waals surface area contributed by atoms with Crippen LogP contribution in [0.3, 0.4) is 0 Å². The van der Waals surface area contributed by atoms with Crippen LogP contribution < -0.4 is 0 Å². The lowest BCUT2D eigenvalue weighted by atomic mass is 9.69. The summed E-state index contributed by atoms with van der Waals surface area (Å²) in [7, 11) is 0. The van der Waals surface area contributed by atoms with Crippen molar-refractivity contribution in [3.8, 4) is 0 Å². The van der Waals surface area contributed by atoms with E-state index in [1.165, 1.54) is 11.3 Å². The predicted molar refractivity (Wildman–Crippen MR) is 107 cm³/mol. The van der Waals surface area contributed by atoms with Gasteiger partial charge < -0.3 is 4.74 Å². The fourth-order valence-electron chi connectivity index (χ4n) is 4.41. The van der Waals surface area contributed by atoms with Crippen LogP contribution in [0.4, 0.5) is 0 Å². The van der Waals surface area contributed by atoms with Gasteiger partial charge in [-0.25, -0.2) is 0 Å². The van der Waals surface area contributed by atoms with E-state index in [0.717, 1.165) is 32.3 Å². The van der Waals surface area contributed by atoms with Gasteiger partial charge in [0.15, 0.2) is 0 Å². The highest BCUT2D eigenvalue weighted by atomic mass is 16.5. The number of rotatable bonds is 7. The summed E-state index contributed by atoms with van der Waals surface area (Å²) in [5.74, 6) is 0.869. The van der Waals surface area contributed by atoms with Gasteiger partial charge in [-0.3, -0.25) is 14.5 Å². The SMILES string of the molecule is CC(C)CC[C@@]1(CCN2C(=O)c3ccccc3C2=O)CCO[C@H](C(C)C)C1. The van der Waals surface area contributed by atoms with Crippen LogP contribution in [0.1, 0.15) is 80.5 Å². The van der Waals surface area contributed by atoms with Gasteiger partial charge in [-0.2, -0.15) is 0 Å². The summed E-state index contributed by atoms with van der Waals surface area (Å²) in [4.78, 5) is 26.9. The molecule has 1 fully saturated rings. The predicted octanol–water partition coefficient (Wildman–Crippen LogP) is 4.93. The average Bonchev–Trinajstić information content (AvgIpc) is 2.90. The van der Waals surface area contributed by atoms with Crippen molar-refractivity contribution < 1.29 is 14.3 Å². The molecular weight excluding hydrogens is 338 g/mol. The highest BCUT2D eigenvalue weighted by Crippen LogP contribution is 2.44. The van der Waals surface area contributed by atoms with E-state index < -0.39 is 0 Å². The quantitative estimate of drug-likeness (QED) is 0.639. The van der Waals surface area contributed by atoms with E-state index in [2.05, 4.69) is 27.7 Å². The maximum Gasteiger partial charge on any atom is 0.261 e. The zero-order chi connectivity index (χ0) is 19.6. The maximum atomic E-state index is 12.7. The minimum Gasteiger partial charge on any atom is -0.378 e. The number of benzene rings is 1. The van der Waals surface area contributed by atoms with Crippen molar-refractivity contribution in [2.75, 3.05) is 13.2 Å². The Bertz CT molecular complexity index is 662. The number of fused-ring (bicyclic) bond motifs is 1. The Labute approximate surface area is 163 Å². The van der Waals surface area contributed by atoms with Gasteiger partial charge in [0, 0.05) is 13.2 Å². The summed E-state index contributed by atoms with van der Waals surface area (Å²) in [6.45, 7) is 10.2. The Kier molecular flexibility index (Phi) is 6.05. The van der Waals surface area contributed by atoms with Crippen molar-refractivity contribution in [3.05, 3.63) is 35.4 Å². The van der Waals surface area contributed by atoms with E-state index in [9.17, 15) is 9.59 Å². The molecule has 0 radical (unpaired) electrons. The number of carbonyl (C=O) groups excluding carboxylic acids is 2. The number of carbonyl (C=O) groups is 2. The number of ether oxygens (including phenoxy) is 1. The fourth-order valence-corrected chi connectivity index (χ4v) is 4.41. The topological polar surface area (TPSA) is 46.6 Å². The van der Waals surface area contributed by atoms with Gasteiger partial charge in [0.05, 0.1) is 17.2 Å². The third kappa shape index (κ3) is 4.26. The van der Waals surface area contributed by atoms with Crippen LogP contribution in [0.25, 0.3) is 0 Å². The van der Waals surface area contributed by atoms with Gasteiger partial charge in [-0.15, -0.1) is 0 Å². The van der Waals surface area contributed by atoms with Crippen LogP contribution in [0.5, 0.6) is 0 Å². The lowest BCUT2D eigenvalue weighted by molar-refractivity contribution is -0.0773. The highest BCUT2D eigenvalue weighted by Gasteiger charge is 2.41. The summed E-state index contributed by atoms with van der Waals surface area (Å²) in [6.07, 6.45) is 5.51. The molecular formula is C23H33NO3. The fraction of sp³-hybridized carbons (Fsp3) is 0.652. The molecule has 2 atom stereocenters. The molecule has 1 saturated heterocycles. The largest absolute Gasteiger partial charge is 0.378 e. The van der Waals surface area contributed by atoms with Gasteiger partial charge in [0.1, 0.15) is 0 Å². The molecule has 148 valence electrons. The van der Waals surface area contributed by atoms with E-state index in [-0.39, 0.29) is 23.3 Å². The number of amides is 2. The molecule has 0 unspecified atom stereocenters. The summed E-state index contributed by atoms with van der Waals surface area (Å²) < 4.78 is 6.02. The molecule has 0 spiro atoms. The van der Waals surface area contributed by atoms with E-state index in [1.807, 2.05) is 12.1 Å². The van der Waals surface area contributed by atoms with Crippen molar-refractivity contribution >= 4 is 11.8 Å². The molecule has 3 rings (SSSR count).